The molecule has 3 atom stereocenters. The van der Waals surface area contributed by atoms with Gasteiger partial charge in [-0.2, -0.15) is 0 Å². The monoisotopic (exact) mass is 351 g/mol. The summed E-state index contributed by atoms with van der Waals surface area (Å²) in [5, 5.41) is 27.2. The molecule has 0 amide bonds. The molecule has 1 aromatic heterocycles. The largest absolute Gasteiger partial charge is 0.481 e. The molecular weight excluding hydrogens is 326 g/mol. The van der Waals surface area contributed by atoms with Gasteiger partial charge in [-0.1, -0.05) is 20.8 Å². The van der Waals surface area contributed by atoms with Crippen LogP contribution in [0.4, 0.5) is 0 Å². The summed E-state index contributed by atoms with van der Waals surface area (Å²) in [6.07, 6.45) is 3.04. The first-order valence-electron chi connectivity index (χ1n) is 8.26. The van der Waals surface area contributed by atoms with Crippen molar-refractivity contribution >= 4 is 17.9 Å². The van der Waals surface area contributed by atoms with Crippen molar-refractivity contribution in [3.05, 3.63) is 29.1 Å². The molecule has 0 aliphatic carbocycles. The highest BCUT2D eigenvalue weighted by Crippen LogP contribution is 2.20. The van der Waals surface area contributed by atoms with Crippen molar-refractivity contribution < 1.29 is 29.7 Å². The number of carbonyl (C=O) groups is 3. The molecule has 0 saturated heterocycles. The van der Waals surface area contributed by atoms with Crippen LogP contribution >= 0.6 is 0 Å². The van der Waals surface area contributed by atoms with Gasteiger partial charge in [-0.15, -0.1) is 0 Å². The Morgan fingerprint density at radius 2 is 1.36 bits per heavy atom. The van der Waals surface area contributed by atoms with Crippen molar-refractivity contribution in [2.75, 3.05) is 0 Å². The van der Waals surface area contributed by atoms with Gasteiger partial charge in [0.1, 0.15) is 0 Å². The minimum Gasteiger partial charge on any atom is -0.481 e. The molecule has 0 bridgehead atoms. The molecule has 0 radical (unpaired) electrons. The lowest BCUT2D eigenvalue weighted by atomic mass is 9.92. The zero-order chi connectivity index (χ0) is 19.1. The quantitative estimate of drug-likeness (QED) is 0.590. The van der Waals surface area contributed by atoms with E-state index < -0.39 is 35.7 Å². The molecule has 3 N–H and O–H groups in total. The van der Waals surface area contributed by atoms with Gasteiger partial charge in [0.2, 0.25) is 0 Å². The molecule has 0 fully saturated rings. The van der Waals surface area contributed by atoms with Gasteiger partial charge >= 0.3 is 17.9 Å². The molecule has 1 rings (SSSR count). The van der Waals surface area contributed by atoms with E-state index in [-0.39, 0.29) is 12.8 Å². The average molecular weight is 351 g/mol. The third-order valence-corrected chi connectivity index (χ3v) is 4.29. The first-order chi connectivity index (χ1) is 11.6. The first-order valence-corrected chi connectivity index (χ1v) is 8.26. The van der Waals surface area contributed by atoms with E-state index in [9.17, 15) is 14.4 Å². The van der Waals surface area contributed by atoms with Gasteiger partial charge in [0.25, 0.3) is 0 Å². The van der Waals surface area contributed by atoms with Crippen LogP contribution in [0, 0.1) is 17.8 Å². The van der Waals surface area contributed by atoms with E-state index >= 15 is 0 Å². The second-order valence-electron chi connectivity index (χ2n) is 6.61. The van der Waals surface area contributed by atoms with E-state index in [2.05, 4.69) is 4.98 Å². The van der Waals surface area contributed by atoms with Crippen LogP contribution in [0.25, 0.3) is 0 Å². The summed E-state index contributed by atoms with van der Waals surface area (Å²) in [5.41, 5.74) is 2.17. The van der Waals surface area contributed by atoms with Crippen LogP contribution < -0.4 is 0 Å². The number of aliphatic carboxylic acids is 3. The molecule has 7 nitrogen and oxygen atoms in total. The molecule has 0 spiro atoms. The number of aryl methyl sites for hydroxylation is 1. The number of rotatable bonds is 10. The highest BCUT2D eigenvalue weighted by Gasteiger charge is 2.19. The van der Waals surface area contributed by atoms with Gasteiger partial charge in [0.05, 0.1) is 17.8 Å². The maximum absolute atomic E-state index is 11.1. The van der Waals surface area contributed by atoms with Crippen LogP contribution in [-0.4, -0.2) is 38.2 Å². The number of nitrogens with zero attached hydrogens (tertiary/aromatic N) is 1. The number of hydrogen-bond donors (Lipinski definition) is 3. The van der Waals surface area contributed by atoms with Gasteiger partial charge in [0, 0.05) is 11.9 Å². The van der Waals surface area contributed by atoms with E-state index in [0.717, 1.165) is 11.1 Å². The van der Waals surface area contributed by atoms with Crippen molar-refractivity contribution in [3.63, 3.8) is 0 Å². The molecule has 0 aliphatic rings. The van der Waals surface area contributed by atoms with Crippen LogP contribution in [-0.2, 0) is 33.6 Å². The van der Waals surface area contributed by atoms with Gasteiger partial charge in [0.15, 0.2) is 0 Å². The Balaban J connectivity index is 3.01. The Morgan fingerprint density at radius 3 is 1.84 bits per heavy atom. The van der Waals surface area contributed by atoms with E-state index in [0.29, 0.717) is 18.5 Å². The molecule has 7 heteroatoms. The smallest absolute Gasteiger partial charge is 0.306 e. The highest BCUT2D eigenvalue weighted by molar-refractivity contribution is 5.71. The van der Waals surface area contributed by atoms with Gasteiger partial charge < -0.3 is 15.3 Å². The lowest BCUT2D eigenvalue weighted by molar-refractivity contribution is -0.142. The second kappa shape index (κ2) is 9.15. The van der Waals surface area contributed by atoms with E-state index in [1.165, 1.54) is 0 Å². The Bertz CT molecular complexity index is 642. The van der Waals surface area contributed by atoms with Crippen LogP contribution in [0.2, 0.25) is 0 Å². The van der Waals surface area contributed by atoms with Crippen molar-refractivity contribution in [2.24, 2.45) is 17.8 Å². The number of hydrogen-bond acceptors (Lipinski definition) is 4. The zero-order valence-electron chi connectivity index (χ0n) is 14.7. The third kappa shape index (κ3) is 6.52. The highest BCUT2D eigenvalue weighted by atomic mass is 16.4. The molecular formula is C18H25NO6. The van der Waals surface area contributed by atoms with Crippen molar-refractivity contribution in [2.45, 2.75) is 46.5 Å². The average Bonchev–Trinajstić information content (AvgIpc) is 2.53. The maximum Gasteiger partial charge on any atom is 0.306 e. The summed E-state index contributed by atoms with van der Waals surface area (Å²) in [5.74, 6) is -4.40. The second-order valence-corrected chi connectivity index (χ2v) is 6.61. The summed E-state index contributed by atoms with van der Waals surface area (Å²) in [7, 11) is 0. The lowest BCUT2D eigenvalue weighted by Crippen LogP contribution is -2.17. The van der Waals surface area contributed by atoms with Crippen LogP contribution in [0.15, 0.2) is 12.3 Å². The SMILES string of the molecule is CC(CCc1cc(CC(C)C(=O)O)c(CC(C)C(=O)O)cn1)C(=O)O. The Hall–Kier alpha value is -2.44. The number of aromatic nitrogens is 1. The molecule has 1 aromatic rings. The zero-order valence-corrected chi connectivity index (χ0v) is 14.7. The van der Waals surface area contributed by atoms with Crippen molar-refractivity contribution in [1.82, 2.24) is 4.98 Å². The summed E-state index contributed by atoms with van der Waals surface area (Å²) in [6, 6.07) is 1.78. The van der Waals surface area contributed by atoms with Gasteiger partial charge in [-0.25, -0.2) is 0 Å². The number of carboxylic acid groups (broad SMARTS) is 3. The standard InChI is InChI=1S/C18H25NO6/c1-10(16(20)21)4-5-15-8-13(6-11(2)17(22)23)14(9-19-15)7-12(3)18(24)25/h8-12H,4-7H2,1-3H3,(H,20,21)(H,22,23)(H,24,25). The van der Waals surface area contributed by atoms with Crippen LogP contribution in [0.3, 0.4) is 0 Å². The van der Waals surface area contributed by atoms with Crippen molar-refractivity contribution in [3.8, 4) is 0 Å². The molecule has 0 aromatic carbocycles. The summed E-state index contributed by atoms with van der Waals surface area (Å²) < 4.78 is 0. The predicted molar refractivity (Wildman–Crippen MR) is 90.4 cm³/mol. The van der Waals surface area contributed by atoms with Crippen LogP contribution in [0.1, 0.15) is 44.0 Å². The lowest BCUT2D eigenvalue weighted by Gasteiger charge is -2.15. The first kappa shape index (κ1) is 20.6. The predicted octanol–water partition coefficient (Wildman–Crippen LogP) is 2.26. The molecule has 0 saturated carbocycles. The minimum absolute atomic E-state index is 0.274. The Labute approximate surface area is 146 Å². The summed E-state index contributed by atoms with van der Waals surface area (Å²) >= 11 is 0. The fraction of sp³-hybridized carbons (Fsp3) is 0.556. The van der Waals surface area contributed by atoms with Gasteiger partial charge in [-0.3, -0.25) is 19.4 Å². The molecule has 0 aliphatic heterocycles. The molecule has 1 heterocycles. The summed E-state index contributed by atoms with van der Waals surface area (Å²) in [6.45, 7) is 4.81. The van der Waals surface area contributed by atoms with E-state index in [1.807, 2.05) is 0 Å². The number of carboxylic acids is 3. The number of pyridine rings is 1. The van der Waals surface area contributed by atoms with Gasteiger partial charge in [-0.05, 0) is 42.9 Å². The normalized spacial score (nSPS) is 14.5. The van der Waals surface area contributed by atoms with E-state index in [1.54, 1.807) is 33.0 Å². The fourth-order valence-corrected chi connectivity index (χ4v) is 2.41. The third-order valence-electron chi connectivity index (χ3n) is 4.29. The molecule has 138 valence electrons. The van der Waals surface area contributed by atoms with Crippen molar-refractivity contribution in [1.29, 1.82) is 0 Å². The minimum atomic E-state index is -0.921. The Morgan fingerprint density at radius 1 is 0.880 bits per heavy atom. The topological polar surface area (TPSA) is 125 Å². The molecule has 25 heavy (non-hydrogen) atoms. The van der Waals surface area contributed by atoms with E-state index in [4.69, 9.17) is 15.3 Å². The fourth-order valence-electron chi connectivity index (χ4n) is 2.41. The summed E-state index contributed by atoms with van der Waals surface area (Å²) in [4.78, 5) is 37.4. The Kier molecular flexibility index (Phi) is 7.54. The molecule has 3 unspecified atom stereocenters. The maximum atomic E-state index is 11.1. The van der Waals surface area contributed by atoms with Crippen LogP contribution in [0.5, 0.6) is 0 Å².